The van der Waals surface area contributed by atoms with Gasteiger partial charge >= 0.3 is 5.97 Å². The smallest absolute Gasteiger partial charge is 0.330 e. The fourth-order valence-corrected chi connectivity index (χ4v) is 3.67. The molecule has 1 saturated heterocycles. The van der Waals surface area contributed by atoms with E-state index >= 15 is 0 Å². The molecule has 0 N–H and O–H groups in total. The molecule has 1 aromatic heterocycles. The Balaban J connectivity index is 2.27. The van der Waals surface area contributed by atoms with Crippen LogP contribution in [0.1, 0.15) is 42.5 Å². The van der Waals surface area contributed by atoms with Gasteiger partial charge in [0.1, 0.15) is 11.6 Å². The van der Waals surface area contributed by atoms with E-state index < -0.39 is 11.6 Å². The lowest BCUT2D eigenvalue weighted by molar-refractivity contribution is -0.159. The molecule has 0 saturated carbocycles. The summed E-state index contributed by atoms with van der Waals surface area (Å²) in [5.41, 5.74) is 1.53. The van der Waals surface area contributed by atoms with E-state index in [1.807, 2.05) is 41.7 Å². The summed E-state index contributed by atoms with van der Waals surface area (Å²) in [6, 6.07) is -0.542. The third kappa shape index (κ3) is 3.88. The van der Waals surface area contributed by atoms with Crippen LogP contribution in [0.4, 0.5) is 0 Å². The SMILES string of the molecule is Cc1nn(C)c(C)c1C(=O)N1CCSC[C@@H]1C(=O)OC(C)(C)C. The molecule has 1 aromatic rings. The van der Waals surface area contributed by atoms with Crippen molar-refractivity contribution in [2.45, 2.75) is 46.3 Å². The second kappa shape index (κ2) is 6.55. The minimum atomic E-state index is -0.561. The number of thioether (sulfide) groups is 1. The Kier molecular flexibility index (Phi) is 5.08. The molecule has 128 valence electrons. The lowest BCUT2D eigenvalue weighted by Gasteiger charge is -2.35. The number of nitrogens with zero attached hydrogens (tertiary/aromatic N) is 3. The van der Waals surface area contributed by atoms with Gasteiger partial charge in [-0.2, -0.15) is 16.9 Å². The van der Waals surface area contributed by atoms with Crippen molar-refractivity contribution in [3.8, 4) is 0 Å². The first kappa shape index (κ1) is 17.8. The first-order chi connectivity index (χ1) is 10.6. The summed E-state index contributed by atoms with van der Waals surface area (Å²) in [4.78, 5) is 27.1. The van der Waals surface area contributed by atoms with Gasteiger partial charge in [0.15, 0.2) is 0 Å². The molecule has 0 aliphatic carbocycles. The van der Waals surface area contributed by atoms with Crippen molar-refractivity contribution in [1.29, 1.82) is 0 Å². The van der Waals surface area contributed by atoms with Crippen LogP contribution in [0.2, 0.25) is 0 Å². The van der Waals surface area contributed by atoms with Crippen LogP contribution in [-0.4, -0.2) is 56.3 Å². The highest BCUT2D eigenvalue weighted by molar-refractivity contribution is 7.99. The molecule has 2 heterocycles. The summed E-state index contributed by atoms with van der Waals surface area (Å²) in [7, 11) is 1.82. The summed E-state index contributed by atoms with van der Waals surface area (Å²) < 4.78 is 7.19. The Bertz CT molecular complexity index is 619. The van der Waals surface area contributed by atoms with E-state index in [1.54, 1.807) is 21.3 Å². The molecule has 23 heavy (non-hydrogen) atoms. The average Bonchev–Trinajstić information content (AvgIpc) is 2.69. The summed E-state index contributed by atoms with van der Waals surface area (Å²) >= 11 is 1.67. The quantitative estimate of drug-likeness (QED) is 0.771. The lowest BCUT2D eigenvalue weighted by Crippen LogP contribution is -2.52. The van der Waals surface area contributed by atoms with Crippen LogP contribution in [0.25, 0.3) is 0 Å². The fraction of sp³-hybridized carbons (Fsp3) is 0.688. The highest BCUT2D eigenvalue weighted by atomic mass is 32.2. The van der Waals surface area contributed by atoms with Crippen LogP contribution in [0, 0.1) is 13.8 Å². The van der Waals surface area contributed by atoms with E-state index in [1.165, 1.54) is 0 Å². The number of aryl methyl sites for hydroxylation is 2. The Morgan fingerprint density at radius 2 is 1.96 bits per heavy atom. The second-order valence-corrected chi connectivity index (χ2v) is 7.94. The average molecular weight is 339 g/mol. The highest BCUT2D eigenvalue weighted by Crippen LogP contribution is 2.24. The summed E-state index contributed by atoms with van der Waals surface area (Å²) in [6.45, 7) is 9.74. The van der Waals surface area contributed by atoms with Crippen LogP contribution in [0.5, 0.6) is 0 Å². The molecular weight excluding hydrogens is 314 g/mol. The Labute approximate surface area is 141 Å². The van der Waals surface area contributed by atoms with Crippen LogP contribution in [0.15, 0.2) is 0 Å². The second-order valence-electron chi connectivity index (χ2n) is 6.79. The number of hydrogen-bond acceptors (Lipinski definition) is 5. The van der Waals surface area contributed by atoms with Crippen LogP contribution in [-0.2, 0) is 16.6 Å². The number of carbonyl (C=O) groups excluding carboxylic acids is 2. The zero-order chi connectivity index (χ0) is 17.4. The van der Waals surface area contributed by atoms with Gasteiger partial charge in [-0.25, -0.2) is 4.79 Å². The summed E-state index contributed by atoms with van der Waals surface area (Å²) in [5, 5.41) is 4.30. The van der Waals surface area contributed by atoms with E-state index in [4.69, 9.17) is 4.74 Å². The number of carbonyl (C=O) groups is 2. The molecule has 2 rings (SSSR count). The lowest BCUT2D eigenvalue weighted by atomic mass is 10.1. The van der Waals surface area contributed by atoms with Gasteiger partial charge in [-0.3, -0.25) is 9.48 Å². The minimum Gasteiger partial charge on any atom is -0.458 e. The number of amides is 1. The van der Waals surface area contributed by atoms with E-state index in [9.17, 15) is 9.59 Å². The van der Waals surface area contributed by atoms with E-state index in [2.05, 4.69) is 5.10 Å². The van der Waals surface area contributed by atoms with Gasteiger partial charge in [0, 0.05) is 30.8 Å². The maximum atomic E-state index is 13.0. The van der Waals surface area contributed by atoms with Gasteiger partial charge < -0.3 is 9.64 Å². The topological polar surface area (TPSA) is 64.4 Å². The molecule has 0 unspecified atom stereocenters. The first-order valence-electron chi connectivity index (χ1n) is 7.73. The molecule has 1 amide bonds. The largest absolute Gasteiger partial charge is 0.458 e. The molecule has 0 spiro atoms. The Morgan fingerprint density at radius 3 is 2.48 bits per heavy atom. The number of aromatic nitrogens is 2. The van der Waals surface area contributed by atoms with Crippen LogP contribution < -0.4 is 0 Å². The third-order valence-electron chi connectivity index (χ3n) is 3.79. The zero-order valence-corrected chi connectivity index (χ0v) is 15.5. The third-order valence-corrected chi connectivity index (χ3v) is 4.81. The Hall–Kier alpha value is -1.50. The molecule has 1 fully saturated rings. The maximum Gasteiger partial charge on any atom is 0.330 e. The summed E-state index contributed by atoms with van der Waals surface area (Å²) in [6.07, 6.45) is 0. The molecule has 0 bridgehead atoms. The maximum absolute atomic E-state index is 13.0. The molecular formula is C16H25N3O3S. The molecule has 7 heteroatoms. The van der Waals surface area contributed by atoms with Gasteiger partial charge in [0.2, 0.25) is 0 Å². The minimum absolute atomic E-state index is 0.135. The molecule has 6 nitrogen and oxygen atoms in total. The first-order valence-corrected chi connectivity index (χ1v) is 8.89. The molecule has 1 aliphatic heterocycles. The summed E-state index contributed by atoms with van der Waals surface area (Å²) in [5.74, 6) is 0.920. The number of hydrogen-bond donors (Lipinski definition) is 0. The monoisotopic (exact) mass is 339 g/mol. The van der Waals surface area contributed by atoms with Gasteiger partial charge in [-0.05, 0) is 34.6 Å². The fourth-order valence-electron chi connectivity index (χ4n) is 2.64. The van der Waals surface area contributed by atoms with Crippen LogP contribution >= 0.6 is 11.8 Å². The predicted molar refractivity (Wildman–Crippen MR) is 90.7 cm³/mol. The van der Waals surface area contributed by atoms with Gasteiger partial charge in [0.25, 0.3) is 5.91 Å². The predicted octanol–water partition coefficient (Wildman–Crippen LogP) is 1.94. The number of ether oxygens (including phenoxy) is 1. The molecule has 0 aromatic carbocycles. The zero-order valence-electron chi connectivity index (χ0n) is 14.7. The molecule has 1 aliphatic rings. The molecule has 1 atom stereocenters. The van der Waals surface area contributed by atoms with Crippen molar-refractivity contribution in [3.05, 3.63) is 17.0 Å². The van der Waals surface area contributed by atoms with E-state index in [-0.39, 0.29) is 11.9 Å². The van der Waals surface area contributed by atoms with E-state index in [0.29, 0.717) is 23.6 Å². The highest BCUT2D eigenvalue weighted by Gasteiger charge is 2.37. The van der Waals surface area contributed by atoms with Gasteiger partial charge in [-0.1, -0.05) is 0 Å². The van der Waals surface area contributed by atoms with Crippen LogP contribution in [0.3, 0.4) is 0 Å². The van der Waals surface area contributed by atoms with Crippen molar-refractivity contribution in [2.24, 2.45) is 7.05 Å². The van der Waals surface area contributed by atoms with E-state index in [0.717, 1.165) is 11.4 Å². The van der Waals surface area contributed by atoms with Gasteiger partial charge in [-0.15, -0.1) is 0 Å². The normalized spacial score (nSPS) is 18.9. The van der Waals surface area contributed by atoms with Crippen molar-refractivity contribution in [1.82, 2.24) is 14.7 Å². The van der Waals surface area contributed by atoms with Crippen molar-refractivity contribution >= 4 is 23.6 Å². The number of rotatable bonds is 2. The molecule has 0 radical (unpaired) electrons. The standard InChI is InChI=1S/C16H25N3O3S/c1-10-13(11(2)18(6)17-10)14(20)19-7-8-23-9-12(19)15(21)22-16(3,4)5/h12H,7-9H2,1-6H3/t12-/m1/s1. The van der Waals surface area contributed by atoms with Crippen molar-refractivity contribution < 1.29 is 14.3 Å². The Morgan fingerprint density at radius 1 is 1.30 bits per heavy atom. The van der Waals surface area contributed by atoms with Crippen molar-refractivity contribution in [2.75, 3.05) is 18.1 Å². The van der Waals surface area contributed by atoms with Crippen molar-refractivity contribution in [3.63, 3.8) is 0 Å². The van der Waals surface area contributed by atoms with Gasteiger partial charge in [0.05, 0.1) is 11.3 Å². The number of esters is 1.